The molecule has 0 atom stereocenters. The van der Waals surface area contributed by atoms with Crippen LogP contribution in [-0.2, 0) is 14.8 Å². The van der Waals surface area contributed by atoms with Gasteiger partial charge in [0.15, 0.2) is 0 Å². The molecular formula is C18H15N3O3S. The average molecular weight is 353 g/mol. The molecule has 0 saturated heterocycles. The first-order chi connectivity index (χ1) is 12.0. The van der Waals surface area contributed by atoms with Crippen LogP contribution in [0.1, 0.15) is 11.3 Å². The van der Waals surface area contributed by atoms with Crippen LogP contribution in [0.25, 0.3) is 22.6 Å². The normalized spacial score (nSPS) is 15.6. The monoisotopic (exact) mass is 353 g/mol. The molecule has 1 aliphatic rings. The highest BCUT2D eigenvalue weighted by molar-refractivity contribution is 7.89. The number of rotatable bonds is 3. The zero-order chi connectivity index (χ0) is 17.6. The topological polar surface area (TPSA) is 91.1 Å². The Morgan fingerprint density at radius 1 is 1.08 bits per heavy atom. The number of carbonyl (C=O) groups excluding carboxylic acids is 1. The summed E-state index contributed by atoms with van der Waals surface area (Å²) < 4.78 is 26.3. The third-order valence-electron chi connectivity index (χ3n) is 4.20. The molecule has 6 nitrogen and oxygen atoms in total. The van der Waals surface area contributed by atoms with Crippen LogP contribution in [0, 0.1) is 0 Å². The quantitative estimate of drug-likeness (QED) is 0.632. The lowest BCUT2D eigenvalue weighted by Crippen LogP contribution is -2.18. The predicted octanol–water partition coefficient (Wildman–Crippen LogP) is 2.57. The summed E-state index contributed by atoms with van der Waals surface area (Å²) in [6, 6.07) is 14.3. The van der Waals surface area contributed by atoms with E-state index in [1.165, 1.54) is 19.2 Å². The second-order valence-electron chi connectivity index (χ2n) is 5.74. The van der Waals surface area contributed by atoms with Gasteiger partial charge in [0.05, 0.1) is 10.5 Å². The molecule has 2 heterocycles. The van der Waals surface area contributed by atoms with E-state index < -0.39 is 10.0 Å². The molecule has 0 fully saturated rings. The highest BCUT2D eigenvalue weighted by Gasteiger charge is 2.26. The van der Waals surface area contributed by atoms with Crippen LogP contribution >= 0.6 is 0 Å². The molecule has 0 saturated carbocycles. The zero-order valence-electron chi connectivity index (χ0n) is 13.3. The van der Waals surface area contributed by atoms with Crippen LogP contribution in [0.2, 0.25) is 0 Å². The van der Waals surface area contributed by atoms with Crippen molar-refractivity contribution in [1.82, 2.24) is 9.71 Å². The molecule has 0 radical (unpaired) electrons. The number of nitrogens with one attached hydrogen (secondary N) is 3. The van der Waals surface area contributed by atoms with Gasteiger partial charge in [-0.25, -0.2) is 13.1 Å². The van der Waals surface area contributed by atoms with Crippen LogP contribution < -0.4 is 10.0 Å². The van der Waals surface area contributed by atoms with Crippen LogP contribution in [-0.4, -0.2) is 26.4 Å². The number of hydrogen-bond donors (Lipinski definition) is 3. The molecule has 1 aromatic heterocycles. The maximum atomic E-state index is 12.3. The molecule has 126 valence electrons. The molecule has 1 aliphatic heterocycles. The van der Waals surface area contributed by atoms with Crippen molar-refractivity contribution in [3.8, 4) is 0 Å². The van der Waals surface area contributed by atoms with Crippen LogP contribution in [0.5, 0.6) is 0 Å². The number of hydrogen-bond acceptors (Lipinski definition) is 3. The third-order valence-corrected chi connectivity index (χ3v) is 5.62. The van der Waals surface area contributed by atoms with Gasteiger partial charge in [-0.3, -0.25) is 4.79 Å². The first-order valence-electron chi connectivity index (χ1n) is 7.67. The van der Waals surface area contributed by atoms with Crippen molar-refractivity contribution in [2.75, 3.05) is 12.4 Å². The zero-order valence-corrected chi connectivity index (χ0v) is 14.1. The second-order valence-corrected chi connectivity index (χ2v) is 7.63. The fourth-order valence-corrected chi connectivity index (χ4v) is 3.68. The highest BCUT2D eigenvalue weighted by Crippen LogP contribution is 2.35. The predicted molar refractivity (Wildman–Crippen MR) is 97.5 cm³/mol. The molecular weight excluding hydrogens is 338 g/mol. The van der Waals surface area contributed by atoms with Gasteiger partial charge < -0.3 is 10.3 Å². The standard InChI is InChI=1S/C18H15N3O3S/c1-19-25(23,24)13-6-7-17-14(10-13)15(18(22)21-17)9-12-8-11-4-2-3-5-16(11)20-12/h2-10,19-20H,1H3,(H,21,22)/b15-9-. The number of H-pyrrole nitrogens is 1. The summed E-state index contributed by atoms with van der Waals surface area (Å²) in [5.41, 5.74) is 3.35. The lowest BCUT2D eigenvalue weighted by Gasteiger charge is -2.05. The minimum atomic E-state index is -3.58. The lowest BCUT2D eigenvalue weighted by molar-refractivity contribution is -0.110. The number of para-hydroxylation sites is 1. The van der Waals surface area contributed by atoms with Gasteiger partial charge in [-0.2, -0.15) is 0 Å². The van der Waals surface area contributed by atoms with Crippen molar-refractivity contribution < 1.29 is 13.2 Å². The molecule has 0 bridgehead atoms. The molecule has 0 unspecified atom stereocenters. The Balaban J connectivity index is 1.84. The van der Waals surface area contributed by atoms with E-state index in [-0.39, 0.29) is 10.8 Å². The number of aromatic amines is 1. The molecule has 1 amide bonds. The number of amides is 1. The molecule has 2 aromatic carbocycles. The second kappa shape index (κ2) is 5.58. The van der Waals surface area contributed by atoms with Crippen molar-refractivity contribution in [2.45, 2.75) is 4.90 Å². The summed E-state index contributed by atoms with van der Waals surface area (Å²) >= 11 is 0. The van der Waals surface area contributed by atoms with Crippen molar-refractivity contribution >= 4 is 44.2 Å². The van der Waals surface area contributed by atoms with E-state index in [1.54, 1.807) is 12.1 Å². The van der Waals surface area contributed by atoms with E-state index in [9.17, 15) is 13.2 Å². The molecule has 0 aliphatic carbocycles. The Bertz CT molecular complexity index is 1110. The van der Waals surface area contributed by atoms with Gasteiger partial charge in [0, 0.05) is 22.5 Å². The van der Waals surface area contributed by atoms with Gasteiger partial charge in [0.1, 0.15) is 0 Å². The summed E-state index contributed by atoms with van der Waals surface area (Å²) in [7, 11) is -2.22. The number of aromatic nitrogens is 1. The Hall–Kier alpha value is -2.90. The van der Waals surface area contributed by atoms with Gasteiger partial charge in [-0.15, -0.1) is 0 Å². The van der Waals surface area contributed by atoms with Crippen LogP contribution in [0.3, 0.4) is 0 Å². The van der Waals surface area contributed by atoms with Crippen molar-refractivity contribution in [3.63, 3.8) is 0 Å². The van der Waals surface area contributed by atoms with Gasteiger partial charge in [0.2, 0.25) is 10.0 Å². The highest BCUT2D eigenvalue weighted by atomic mass is 32.2. The van der Waals surface area contributed by atoms with Crippen molar-refractivity contribution in [3.05, 3.63) is 59.8 Å². The van der Waals surface area contributed by atoms with Gasteiger partial charge in [-0.1, -0.05) is 18.2 Å². The third kappa shape index (κ3) is 2.63. The molecule has 0 spiro atoms. The molecule has 4 rings (SSSR count). The molecule has 25 heavy (non-hydrogen) atoms. The fraction of sp³-hybridized carbons (Fsp3) is 0.0556. The van der Waals surface area contributed by atoms with Crippen LogP contribution in [0.15, 0.2) is 53.4 Å². The SMILES string of the molecule is CNS(=O)(=O)c1ccc2c(c1)/C(=C/c1cc3ccccc3[nH]1)C(=O)N2. The number of benzene rings is 2. The van der Waals surface area contributed by atoms with E-state index in [0.717, 1.165) is 16.6 Å². The van der Waals surface area contributed by atoms with Crippen molar-refractivity contribution in [2.24, 2.45) is 0 Å². The van der Waals surface area contributed by atoms with Gasteiger partial charge >= 0.3 is 0 Å². The lowest BCUT2D eigenvalue weighted by atomic mass is 10.1. The molecule has 7 heteroatoms. The van der Waals surface area contributed by atoms with E-state index >= 15 is 0 Å². The summed E-state index contributed by atoms with van der Waals surface area (Å²) in [5.74, 6) is -0.257. The average Bonchev–Trinajstić information content (AvgIpc) is 3.15. The molecule has 3 aromatic rings. The minimum Gasteiger partial charge on any atom is -0.355 e. The minimum absolute atomic E-state index is 0.118. The van der Waals surface area contributed by atoms with E-state index in [1.807, 2.05) is 30.3 Å². The smallest absolute Gasteiger partial charge is 0.256 e. The fourth-order valence-electron chi connectivity index (χ4n) is 2.92. The van der Waals surface area contributed by atoms with Gasteiger partial charge in [0.25, 0.3) is 5.91 Å². The van der Waals surface area contributed by atoms with Gasteiger partial charge in [-0.05, 0) is 48.8 Å². The Kier molecular flexibility index (Phi) is 3.48. The summed E-state index contributed by atoms with van der Waals surface area (Å²) in [6.45, 7) is 0. The Labute approximate surface area is 144 Å². The Morgan fingerprint density at radius 2 is 1.88 bits per heavy atom. The number of fused-ring (bicyclic) bond motifs is 2. The number of anilines is 1. The number of sulfonamides is 1. The van der Waals surface area contributed by atoms with E-state index in [4.69, 9.17) is 0 Å². The van der Waals surface area contributed by atoms with E-state index in [0.29, 0.717) is 16.8 Å². The maximum Gasteiger partial charge on any atom is 0.256 e. The summed E-state index contributed by atoms with van der Waals surface area (Å²) in [6.07, 6.45) is 1.73. The van der Waals surface area contributed by atoms with Crippen molar-refractivity contribution in [1.29, 1.82) is 0 Å². The summed E-state index contributed by atoms with van der Waals surface area (Å²) in [4.78, 5) is 15.7. The van der Waals surface area contributed by atoms with E-state index in [2.05, 4.69) is 15.0 Å². The van der Waals surface area contributed by atoms with Crippen LogP contribution in [0.4, 0.5) is 5.69 Å². The first-order valence-corrected chi connectivity index (χ1v) is 9.15. The Morgan fingerprint density at radius 3 is 2.64 bits per heavy atom. The maximum absolute atomic E-state index is 12.3. The first kappa shape index (κ1) is 15.6. The largest absolute Gasteiger partial charge is 0.355 e. The summed E-state index contributed by atoms with van der Waals surface area (Å²) in [5, 5.41) is 3.80. The molecule has 3 N–H and O–H groups in total. The number of carbonyl (C=O) groups is 1.